The molecule has 0 amide bonds. The molecule has 0 atom stereocenters. The van der Waals surface area contributed by atoms with Crippen molar-refractivity contribution in [2.45, 2.75) is 12.9 Å². The minimum absolute atomic E-state index is 0.0468. The van der Waals surface area contributed by atoms with E-state index < -0.39 is 22.7 Å². The van der Waals surface area contributed by atoms with E-state index in [4.69, 9.17) is 11.6 Å². The Hall–Kier alpha value is -3.60. The summed E-state index contributed by atoms with van der Waals surface area (Å²) in [7, 11) is 0. The third-order valence-corrected chi connectivity index (χ3v) is 4.13. The fourth-order valence-electron chi connectivity index (χ4n) is 2.47. The zero-order valence-electron chi connectivity index (χ0n) is 15.0. The fraction of sp³-hybridized carbons (Fsp3) is 0.111. The zero-order valence-corrected chi connectivity index (χ0v) is 15.7. The van der Waals surface area contributed by atoms with Crippen molar-refractivity contribution in [2.75, 3.05) is 10.6 Å². The van der Waals surface area contributed by atoms with Crippen LogP contribution < -0.4 is 15.4 Å². The van der Waals surface area contributed by atoms with Crippen molar-refractivity contribution in [2.24, 2.45) is 0 Å². The second kappa shape index (κ2) is 8.82. The Labute approximate surface area is 172 Å². The first-order valence-corrected chi connectivity index (χ1v) is 8.70. The van der Waals surface area contributed by atoms with Crippen LogP contribution >= 0.6 is 11.6 Å². The average Bonchev–Trinajstić information content (AvgIpc) is 2.67. The predicted molar refractivity (Wildman–Crippen MR) is 104 cm³/mol. The van der Waals surface area contributed by atoms with Gasteiger partial charge in [0.25, 0.3) is 0 Å². The zero-order chi connectivity index (χ0) is 21.7. The van der Waals surface area contributed by atoms with Gasteiger partial charge in [0, 0.05) is 17.3 Å². The fourth-order valence-corrected chi connectivity index (χ4v) is 2.67. The van der Waals surface area contributed by atoms with Crippen molar-refractivity contribution >= 4 is 34.6 Å². The van der Waals surface area contributed by atoms with Crippen LogP contribution in [-0.2, 0) is 6.54 Å². The summed E-state index contributed by atoms with van der Waals surface area (Å²) in [4.78, 5) is 18.7. The standard InChI is InChI=1S/C18H13ClF3N5O3/c19-14-4-2-1-3-11(14)9-23-16-15(27(28)29)17(25-10-24-16)26-12-5-7-13(8-6-12)30-18(20,21)22/h1-8,10H,9H2,(H2,23,24,25,26). The number of aromatic nitrogens is 2. The van der Waals surface area contributed by atoms with Gasteiger partial charge < -0.3 is 15.4 Å². The molecule has 3 aromatic rings. The minimum atomic E-state index is -4.82. The Morgan fingerprint density at radius 2 is 1.73 bits per heavy atom. The van der Waals surface area contributed by atoms with Gasteiger partial charge in [0.15, 0.2) is 0 Å². The van der Waals surface area contributed by atoms with Crippen LogP contribution in [0.1, 0.15) is 5.56 Å². The molecule has 0 radical (unpaired) electrons. The highest BCUT2D eigenvalue weighted by molar-refractivity contribution is 6.31. The Kier molecular flexibility index (Phi) is 6.21. The van der Waals surface area contributed by atoms with Gasteiger partial charge in [-0.25, -0.2) is 9.97 Å². The molecule has 0 aliphatic carbocycles. The third-order valence-electron chi connectivity index (χ3n) is 3.76. The van der Waals surface area contributed by atoms with Gasteiger partial charge in [-0.1, -0.05) is 29.8 Å². The van der Waals surface area contributed by atoms with E-state index >= 15 is 0 Å². The number of rotatable bonds is 7. The molecule has 0 aliphatic rings. The number of hydrogen-bond acceptors (Lipinski definition) is 7. The number of benzene rings is 2. The summed E-state index contributed by atoms with van der Waals surface area (Å²) in [5.41, 5.74) is 0.547. The van der Waals surface area contributed by atoms with Crippen LogP contribution in [0, 0.1) is 10.1 Å². The van der Waals surface area contributed by atoms with Crippen molar-refractivity contribution in [3.8, 4) is 5.75 Å². The van der Waals surface area contributed by atoms with Gasteiger partial charge in [0.2, 0.25) is 11.6 Å². The Balaban J connectivity index is 1.80. The molecule has 30 heavy (non-hydrogen) atoms. The molecule has 8 nitrogen and oxygen atoms in total. The van der Waals surface area contributed by atoms with Gasteiger partial charge in [0.1, 0.15) is 12.1 Å². The lowest BCUT2D eigenvalue weighted by Gasteiger charge is -2.12. The maximum absolute atomic E-state index is 12.3. The highest BCUT2D eigenvalue weighted by Gasteiger charge is 2.31. The van der Waals surface area contributed by atoms with E-state index in [1.807, 2.05) is 0 Å². The minimum Gasteiger partial charge on any atom is -0.406 e. The Morgan fingerprint density at radius 1 is 1.07 bits per heavy atom. The van der Waals surface area contributed by atoms with Gasteiger partial charge in [-0.05, 0) is 35.9 Å². The lowest BCUT2D eigenvalue weighted by atomic mass is 10.2. The highest BCUT2D eigenvalue weighted by atomic mass is 35.5. The molecule has 0 saturated heterocycles. The first kappa shape index (κ1) is 21.1. The number of nitrogens with zero attached hydrogens (tertiary/aromatic N) is 3. The molecule has 12 heteroatoms. The lowest BCUT2D eigenvalue weighted by molar-refractivity contribution is -0.383. The lowest BCUT2D eigenvalue weighted by Crippen LogP contribution is -2.17. The van der Waals surface area contributed by atoms with Crippen LogP contribution in [-0.4, -0.2) is 21.3 Å². The summed E-state index contributed by atoms with van der Waals surface area (Å²) in [6, 6.07) is 11.6. The van der Waals surface area contributed by atoms with Gasteiger partial charge in [-0.15, -0.1) is 13.2 Å². The molecule has 2 N–H and O–H groups in total. The van der Waals surface area contributed by atoms with Crippen molar-refractivity contribution in [3.05, 3.63) is 75.6 Å². The smallest absolute Gasteiger partial charge is 0.406 e. The SMILES string of the molecule is O=[N+]([O-])c1c(NCc2ccccc2Cl)ncnc1Nc1ccc(OC(F)(F)F)cc1. The summed E-state index contributed by atoms with van der Waals surface area (Å²) >= 11 is 6.08. The molecule has 0 bridgehead atoms. The number of hydrogen-bond donors (Lipinski definition) is 2. The number of halogens is 4. The topological polar surface area (TPSA) is 102 Å². The van der Waals surface area contributed by atoms with Gasteiger partial charge >= 0.3 is 12.0 Å². The predicted octanol–water partition coefficient (Wildman–Crippen LogP) is 5.29. The molecule has 0 saturated carbocycles. The molecule has 2 aromatic carbocycles. The molecule has 0 aliphatic heterocycles. The van der Waals surface area contributed by atoms with Crippen LogP contribution in [0.3, 0.4) is 0 Å². The van der Waals surface area contributed by atoms with Gasteiger partial charge in [-0.2, -0.15) is 0 Å². The van der Waals surface area contributed by atoms with Crippen LogP contribution in [0.2, 0.25) is 5.02 Å². The molecule has 1 aromatic heterocycles. The summed E-state index contributed by atoms with van der Waals surface area (Å²) in [5, 5.41) is 17.6. The summed E-state index contributed by atoms with van der Waals surface area (Å²) < 4.78 is 40.5. The molecular weight excluding hydrogens is 427 g/mol. The second-order valence-electron chi connectivity index (χ2n) is 5.82. The Morgan fingerprint density at radius 3 is 2.37 bits per heavy atom. The third kappa shape index (κ3) is 5.47. The second-order valence-corrected chi connectivity index (χ2v) is 6.23. The molecule has 1 heterocycles. The van der Waals surface area contributed by atoms with Crippen LogP contribution in [0.5, 0.6) is 5.75 Å². The number of nitro groups is 1. The van der Waals surface area contributed by atoms with Crippen LogP contribution in [0.25, 0.3) is 0 Å². The normalized spacial score (nSPS) is 11.1. The number of ether oxygens (including phenoxy) is 1. The molecule has 0 spiro atoms. The first-order valence-electron chi connectivity index (χ1n) is 8.32. The number of alkyl halides is 3. The maximum Gasteiger partial charge on any atom is 0.573 e. The largest absolute Gasteiger partial charge is 0.573 e. The van der Waals surface area contributed by atoms with E-state index in [2.05, 4.69) is 25.3 Å². The molecule has 156 valence electrons. The number of nitrogens with one attached hydrogen (secondary N) is 2. The van der Waals surface area contributed by atoms with Crippen molar-refractivity contribution in [1.82, 2.24) is 9.97 Å². The quantitative estimate of drug-likeness (QED) is 0.380. The summed E-state index contributed by atoms with van der Waals surface area (Å²) in [6.45, 7) is 0.181. The molecule has 0 fully saturated rings. The van der Waals surface area contributed by atoms with Crippen LogP contribution in [0.15, 0.2) is 54.9 Å². The van der Waals surface area contributed by atoms with Crippen molar-refractivity contribution < 1.29 is 22.8 Å². The number of anilines is 3. The molecule has 0 unspecified atom stereocenters. The van der Waals surface area contributed by atoms with E-state index in [0.717, 1.165) is 18.5 Å². The van der Waals surface area contributed by atoms with E-state index in [-0.39, 0.29) is 23.9 Å². The Bertz CT molecular complexity index is 1050. The van der Waals surface area contributed by atoms with E-state index in [9.17, 15) is 23.3 Å². The van der Waals surface area contributed by atoms with Crippen LogP contribution in [0.4, 0.5) is 36.2 Å². The molecule has 3 rings (SSSR count). The monoisotopic (exact) mass is 439 g/mol. The van der Waals surface area contributed by atoms with Crippen molar-refractivity contribution in [3.63, 3.8) is 0 Å². The van der Waals surface area contributed by atoms with E-state index in [1.54, 1.807) is 24.3 Å². The van der Waals surface area contributed by atoms with Gasteiger partial charge in [0.05, 0.1) is 4.92 Å². The first-order chi connectivity index (χ1) is 14.2. The van der Waals surface area contributed by atoms with E-state index in [1.165, 1.54) is 12.1 Å². The summed E-state index contributed by atoms with van der Waals surface area (Å²) in [6.07, 6.45) is -3.70. The summed E-state index contributed by atoms with van der Waals surface area (Å²) in [5.74, 6) is -0.608. The van der Waals surface area contributed by atoms with Crippen molar-refractivity contribution in [1.29, 1.82) is 0 Å². The van der Waals surface area contributed by atoms with Gasteiger partial charge in [-0.3, -0.25) is 10.1 Å². The molecular formula is C18H13ClF3N5O3. The average molecular weight is 440 g/mol. The maximum atomic E-state index is 12.3. The van der Waals surface area contributed by atoms with E-state index in [0.29, 0.717) is 10.6 Å². The highest BCUT2D eigenvalue weighted by Crippen LogP contribution is 2.32.